The van der Waals surface area contributed by atoms with E-state index in [1.54, 1.807) is 24.4 Å². The van der Waals surface area contributed by atoms with Crippen molar-refractivity contribution in [3.05, 3.63) is 107 Å². The molecule has 5 aromatic rings. The maximum atomic E-state index is 13.4. The monoisotopic (exact) mass is 495 g/mol. The normalized spacial score (nSPS) is 15.1. The first-order valence-electron chi connectivity index (χ1n) is 11.5. The Morgan fingerprint density at radius 1 is 0.889 bits per heavy atom. The fourth-order valence-corrected chi connectivity index (χ4v) is 4.72. The standard InChI is InChI=1S/C28H19ClFN5O/c29-19-8-11-23-21(14-19)26(17-4-2-1-3-5-17)34-28(32-23)35-27-31-15-22-24(33-27)12-18(13-25(22)36)16-6-9-20(30)10-7-16/h1-11,14-15,18H,12-13H2,(H,31,32,33,34,35). The lowest BCUT2D eigenvalue weighted by atomic mass is 9.82. The molecule has 176 valence electrons. The van der Waals surface area contributed by atoms with E-state index in [1.807, 2.05) is 42.5 Å². The molecule has 0 amide bonds. The largest absolute Gasteiger partial charge is 0.294 e. The van der Waals surface area contributed by atoms with Crippen LogP contribution in [0.25, 0.3) is 22.2 Å². The van der Waals surface area contributed by atoms with Crippen molar-refractivity contribution < 1.29 is 9.18 Å². The second-order valence-corrected chi connectivity index (χ2v) is 9.12. The Hall–Kier alpha value is -4.23. The van der Waals surface area contributed by atoms with Gasteiger partial charge in [0.15, 0.2) is 5.78 Å². The first-order chi connectivity index (χ1) is 17.5. The SMILES string of the molecule is O=C1CC(c2ccc(F)cc2)Cc2nc(Nc3nc(-c4ccccc4)c4cc(Cl)ccc4n3)ncc21. The molecule has 2 aromatic heterocycles. The molecule has 2 heterocycles. The molecule has 1 unspecified atom stereocenters. The lowest BCUT2D eigenvalue weighted by Gasteiger charge is -2.23. The number of nitrogens with one attached hydrogen (secondary N) is 1. The molecule has 1 aliphatic carbocycles. The zero-order valence-electron chi connectivity index (χ0n) is 19.0. The van der Waals surface area contributed by atoms with Crippen molar-refractivity contribution in [1.82, 2.24) is 19.9 Å². The summed E-state index contributed by atoms with van der Waals surface area (Å²) in [5.41, 5.74) is 4.45. The highest BCUT2D eigenvalue weighted by molar-refractivity contribution is 6.31. The van der Waals surface area contributed by atoms with Crippen LogP contribution in [0.1, 0.15) is 34.0 Å². The number of carbonyl (C=O) groups excluding carboxylic acids is 1. The topological polar surface area (TPSA) is 80.7 Å². The minimum Gasteiger partial charge on any atom is -0.294 e. The highest BCUT2D eigenvalue weighted by Crippen LogP contribution is 2.33. The molecular weight excluding hydrogens is 477 g/mol. The molecule has 0 bridgehead atoms. The van der Waals surface area contributed by atoms with Crippen LogP contribution in [0.4, 0.5) is 16.3 Å². The minimum atomic E-state index is -0.303. The number of aromatic nitrogens is 4. The summed E-state index contributed by atoms with van der Waals surface area (Å²) in [5, 5.41) is 4.54. The number of ketones is 1. The number of benzene rings is 3. The summed E-state index contributed by atoms with van der Waals surface area (Å²) in [6.07, 6.45) is 2.44. The number of rotatable bonds is 4. The number of halogens is 2. The Morgan fingerprint density at radius 2 is 1.69 bits per heavy atom. The first-order valence-corrected chi connectivity index (χ1v) is 11.9. The number of hydrogen-bond donors (Lipinski definition) is 1. The van der Waals surface area contributed by atoms with Gasteiger partial charge in [-0.15, -0.1) is 0 Å². The van der Waals surface area contributed by atoms with Gasteiger partial charge < -0.3 is 0 Å². The molecule has 0 spiro atoms. The molecule has 1 atom stereocenters. The lowest BCUT2D eigenvalue weighted by molar-refractivity contribution is 0.0962. The Balaban J connectivity index is 1.35. The van der Waals surface area contributed by atoms with E-state index in [4.69, 9.17) is 16.6 Å². The third-order valence-corrected chi connectivity index (χ3v) is 6.54. The van der Waals surface area contributed by atoms with Crippen molar-refractivity contribution in [2.24, 2.45) is 0 Å². The number of nitrogens with zero attached hydrogens (tertiary/aromatic N) is 4. The Labute approximate surface area is 211 Å². The van der Waals surface area contributed by atoms with Gasteiger partial charge in [-0.2, -0.15) is 0 Å². The molecule has 1 aliphatic rings. The Kier molecular flexibility index (Phi) is 5.62. The quantitative estimate of drug-likeness (QED) is 0.305. The average Bonchev–Trinajstić information content (AvgIpc) is 2.89. The van der Waals surface area contributed by atoms with E-state index in [0.717, 1.165) is 27.7 Å². The van der Waals surface area contributed by atoms with Gasteiger partial charge in [0.2, 0.25) is 11.9 Å². The molecular formula is C28H19ClFN5O. The molecule has 6 nitrogen and oxygen atoms in total. The molecule has 0 fully saturated rings. The third-order valence-electron chi connectivity index (χ3n) is 6.31. The van der Waals surface area contributed by atoms with Gasteiger partial charge in [0.25, 0.3) is 0 Å². The summed E-state index contributed by atoms with van der Waals surface area (Å²) in [5.74, 6) is 0.235. The zero-order chi connectivity index (χ0) is 24.6. The van der Waals surface area contributed by atoms with Crippen LogP contribution >= 0.6 is 11.6 Å². The van der Waals surface area contributed by atoms with Gasteiger partial charge >= 0.3 is 0 Å². The number of anilines is 2. The van der Waals surface area contributed by atoms with Gasteiger partial charge in [-0.1, -0.05) is 54.1 Å². The highest BCUT2D eigenvalue weighted by Gasteiger charge is 2.28. The molecule has 0 saturated heterocycles. The molecule has 0 radical (unpaired) electrons. The maximum absolute atomic E-state index is 13.4. The van der Waals surface area contributed by atoms with Gasteiger partial charge in [-0.05, 0) is 48.2 Å². The summed E-state index contributed by atoms with van der Waals surface area (Å²) < 4.78 is 13.4. The van der Waals surface area contributed by atoms with Crippen LogP contribution in [0.5, 0.6) is 0 Å². The predicted octanol–water partition coefficient (Wildman–Crippen LogP) is 6.54. The van der Waals surface area contributed by atoms with Crippen molar-refractivity contribution >= 4 is 40.2 Å². The van der Waals surface area contributed by atoms with Crippen molar-refractivity contribution in [1.29, 1.82) is 0 Å². The van der Waals surface area contributed by atoms with Crippen molar-refractivity contribution in [3.63, 3.8) is 0 Å². The third kappa shape index (κ3) is 4.29. The first kappa shape index (κ1) is 22.2. The average molecular weight is 496 g/mol. The van der Waals surface area contributed by atoms with E-state index in [-0.39, 0.29) is 17.5 Å². The summed E-state index contributed by atoms with van der Waals surface area (Å²) in [4.78, 5) is 31.1. The van der Waals surface area contributed by atoms with Crippen molar-refractivity contribution in [2.45, 2.75) is 18.8 Å². The number of fused-ring (bicyclic) bond motifs is 2. The lowest BCUT2D eigenvalue weighted by Crippen LogP contribution is -2.21. The fraction of sp³-hybridized carbons (Fsp3) is 0.107. The van der Waals surface area contributed by atoms with E-state index in [2.05, 4.69) is 20.3 Å². The van der Waals surface area contributed by atoms with Crippen LogP contribution < -0.4 is 5.32 Å². The fourth-order valence-electron chi connectivity index (χ4n) is 4.55. The molecule has 3 aromatic carbocycles. The van der Waals surface area contributed by atoms with Crippen LogP contribution in [0.3, 0.4) is 0 Å². The Bertz CT molecular complexity index is 1610. The van der Waals surface area contributed by atoms with Gasteiger partial charge in [-0.3, -0.25) is 10.1 Å². The van der Waals surface area contributed by atoms with Gasteiger partial charge in [0, 0.05) is 28.6 Å². The van der Waals surface area contributed by atoms with Crippen LogP contribution in [0.2, 0.25) is 5.02 Å². The van der Waals surface area contributed by atoms with E-state index in [0.29, 0.717) is 41.0 Å². The summed E-state index contributed by atoms with van der Waals surface area (Å²) in [6, 6.07) is 21.5. The maximum Gasteiger partial charge on any atom is 0.230 e. The van der Waals surface area contributed by atoms with Gasteiger partial charge in [0.1, 0.15) is 5.82 Å². The van der Waals surface area contributed by atoms with Crippen LogP contribution in [0.15, 0.2) is 79.0 Å². The molecule has 0 aliphatic heterocycles. The van der Waals surface area contributed by atoms with Crippen LogP contribution in [-0.4, -0.2) is 25.7 Å². The van der Waals surface area contributed by atoms with Crippen LogP contribution in [0, 0.1) is 5.82 Å². The molecule has 6 rings (SSSR count). The van der Waals surface area contributed by atoms with Gasteiger partial charge in [-0.25, -0.2) is 24.3 Å². The van der Waals surface area contributed by atoms with Crippen molar-refractivity contribution in [3.8, 4) is 11.3 Å². The van der Waals surface area contributed by atoms with E-state index in [9.17, 15) is 9.18 Å². The van der Waals surface area contributed by atoms with E-state index >= 15 is 0 Å². The van der Waals surface area contributed by atoms with Gasteiger partial charge in [0.05, 0.1) is 22.5 Å². The Morgan fingerprint density at radius 3 is 2.50 bits per heavy atom. The van der Waals surface area contributed by atoms with Crippen LogP contribution in [-0.2, 0) is 6.42 Å². The summed E-state index contributed by atoms with van der Waals surface area (Å²) >= 11 is 6.25. The molecule has 1 N–H and O–H groups in total. The molecule has 0 saturated carbocycles. The second kappa shape index (κ2) is 9.09. The van der Waals surface area contributed by atoms with E-state index in [1.165, 1.54) is 12.1 Å². The smallest absolute Gasteiger partial charge is 0.230 e. The van der Waals surface area contributed by atoms with Crippen molar-refractivity contribution in [2.75, 3.05) is 5.32 Å². The second-order valence-electron chi connectivity index (χ2n) is 8.68. The summed E-state index contributed by atoms with van der Waals surface area (Å²) in [7, 11) is 0. The highest BCUT2D eigenvalue weighted by atomic mass is 35.5. The number of Topliss-reactive ketones (excluding diaryl/α,β-unsaturated/α-hetero) is 1. The molecule has 8 heteroatoms. The molecule has 36 heavy (non-hydrogen) atoms. The van der Waals surface area contributed by atoms with E-state index < -0.39 is 0 Å². The number of carbonyl (C=O) groups is 1. The predicted molar refractivity (Wildman–Crippen MR) is 137 cm³/mol. The summed E-state index contributed by atoms with van der Waals surface area (Å²) in [6.45, 7) is 0. The minimum absolute atomic E-state index is 0.0256. The zero-order valence-corrected chi connectivity index (χ0v) is 19.7. The number of hydrogen-bond acceptors (Lipinski definition) is 6.